The van der Waals surface area contributed by atoms with E-state index in [1.165, 1.54) is 11.3 Å². The van der Waals surface area contributed by atoms with Gasteiger partial charge in [-0.15, -0.1) is 11.3 Å². The molecule has 7 nitrogen and oxygen atoms in total. The fourth-order valence-corrected chi connectivity index (χ4v) is 3.98. The summed E-state index contributed by atoms with van der Waals surface area (Å²) in [7, 11) is 0. The van der Waals surface area contributed by atoms with Crippen LogP contribution < -0.4 is 16.6 Å². The number of nitrogens with one attached hydrogen (secondary N) is 2. The third-order valence-electron chi connectivity index (χ3n) is 4.44. The molecule has 0 aromatic carbocycles. The second kappa shape index (κ2) is 5.15. The van der Waals surface area contributed by atoms with E-state index in [0.717, 1.165) is 30.9 Å². The highest BCUT2D eigenvalue weighted by atomic mass is 32.1. The van der Waals surface area contributed by atoms with Crippen molar-refractivity contribution in [2.24, 2.45) is 0 Å². The molecule has 4 heterocycles. The van der Waals surface area contributed by atoms with E-state index in [0.29, 0.717) is 24.4 Å². The molecule has 2 aliphatic rings. The number of rotatable bonds is 2. The van der Waals surface area contributed by atoms with Crippen LogP contribution in [0.15, 0.2) is 21.2 Å². The lowest BCUT2D eigenvalue weighted by atomic mass is 9.86. The van der Waals surface area contributed by atoms with E-state index in [1.807, 2.05) is 5.38 Å². The normalized spacial score (nSPS) is 19.5. The minimum Gasteiger partial charge on any atom is -0.364 e. The lowest BCUT2D eigenvalue weighted by molar-refractivity contribution is -0.0602. The number of thiazole rings is 1. The Labute approximate surface area is 130 Å². The van der Waals surface area contributed by atoms with Crippen LogP contribution in [0.4, 0.5) is 0 Å². The van der Waals surface area contributed by atoms with Gasteiger partial charge in [-0.3, -0.25) is 14.3 Å². The second-order valence-electron chi connectivity index (χ2n) is 5.63. The molecule has 2 aliphatic heterocycles. The summed E-state index contributed by atoms with van der Waals surface area (Å²) >= 11 is 1.49. The van der Waals surface area contributed by atoms with Gasteiger partial charge in [-0.1, -0.05) is 0 Å². The number of aromatic amines is 1. The van der Waals surface area contributed by atoms with Gasteiger partial charge in [0.15, 0.2) is 0 Å². The van der Waals surface area contributed by atoms with Gasteiger partial charge in [-0.2, -0.15) is 0 Å². The predicted molar refractivity (Wildman–Crippen MR) is 81.1 cm³/mol. The van der Waals surface area contributed by atoms with Gasteiger partial charge in [-0.05, 0) is 25.9 Å². The predicted octanol–water partition coefficient (Wildman–Crippen LogP) is 0.150. The Kier molecular flexibility index (Phi) is 3.24. The first-order valence-electron chi connectivity index (χ1n) is 7.29. The molecule has 8 heteroatoms. The van der Waals surface area contributed by atoms with Crippen molar-refractivity contribution in [2.45, 2.75) is 31.6 Å². The second-order valence-corrected chi connectivity index (χ2v) is 6.61. The molecular weight excluding hydrogens is 304 g/mol. The number of H-pyrrole nitrogens is 1. The quantitative estimate of drug-likeness (QED) is 0.822. The zero-order chi connectivity index (χ0) is 15.2. The molecule has 0 unspecified atom stereocenters. The lowest BCUT2D eigenvalue weighted by Gasteiger charge is -2.33. The average molecular weight is 320 g/mol. The molecule has 0 saturated carbocycles. The summed E-state index contributed by atoms with van der Waals surface area (Å²) in [5.41, 5.74) is 0.0753. The summed E-state index contributed by atoms with van der Waals surface area (Å²) in [6.07, 6.45) is 3.21. The molecule has 0 aliphatic carbocycles. The van der Waals surface area contributed by atoms with Crippen molar-refractivity contribution in [3.63, 3.8) is 0 Å². The van der Waals surface area contributed by atoms with E-state index in [4.69, 9.17) is 4.74 Å². The highest BCUT2D eigenvalue weighted by molar-refractivity contribution is 7.09. The molecule has 1 saturated heterocycles. The maximum atomic E-state index is 12.4. The highest BCUT2D eigenvalue weighted by Crippen LogP contribution is 2.40. The highest BCUT2D eigenvalue weighted by Gasteiger charge is 2.44. The summed E-state index contributed by atoms with van der Waals surface area (Å²) in [5, 5.41) is 5.99. The average Bonchev–Trinajstić information content (AvgIpc) is 3.13. The number of piperidine rings is 1. The molecular formula is C14H16N4O3S. The molecule has 0 bridgehead atoms. The van der Waals surface area contributed by atoms with Crippen molar-refractivity contribution in [1.82, 2.24) is 19.9 Å². The molecule has 2 aromatic rings. The smallest absolute Gasteiger partial charge is 0.329 e. The Bertz CT molecular complexity index is 802. The van der Waals surface area contributed by atoms with Crippen molar-refractivity contribution < 1.29 is 4.74 Å². The molecule has 0 atom stereocenters. The van der Waals surface area contributed by atoms with E-state index >= 15 is 0 Å². The molecule has 4 rings (SSSR count). The number of hydrogen-bond donors (Lipinski definition) is 2. The Balaban J connectivity index is 1.85. The van der Waals surface area contributed by atoms with Gasteiger partial charge in [0, 0.05) is 11.6 Å². The number of hydrogen-bond acceptors (Lipinski definition) is 6. The van der Waals surface area contributed by atoms with Gasteiger partial charge < -0.3 is 10.1 Å². The minimum absolute atomic E-state index is 0.305. The maximum Gasteiger partial charge on any atom is 0.329 e. The van der Waals surface area contributed by atoms with Crippen LogP contribution in [0.5, 0.6) is 0 Å². The molecule has 2 aromatic heterocycles. The first-order valence-corrected chi connectivity index (χ1v) is 8.17. The first kappa shape index (κ1) is 13.9. The summed E-state index contributed by atoms with van der Waals surface area (Å²) in [6.45, 7) is 2.29. The molecule has 22 heavy (non-hydrogen) atoms. The minimum atomic E-state index is -0.549. The summed E-state index contributed by atoms with van der Waals surface area (Å²) in [4.78, 5) is 31.3. The van der Waals surface area contributed by atoms with Gasteiger partial charge in [0.1, 0.15) is 10.6 Å². The van der Waals surface area contributed by atoms with Crippen LogP contribution >= 0.6 is 11.3 Å². The third-order valence-corrected chi connectivity index (χ3v) is 5.20. The molecule has 1 fully saturated rings. The lowest BCUT2D eigenvalue weighted by Crippen LogP contribution is -2.44. The van der Waals surface area contributed by atoms with Crippen LogP contribution in [0.1, 0.15) is 29.1 Å². The molecule has 0 radical (unpaired) electrons. The van der Waals surface area contributed by atoms with E-state index < -0.39 is 11.3 Å². The Morgan fingerprint density at radius 3 is 2.91 bits per heavy atom. The van der Waals surface area contributed by atoms with Crippen molar-refractivity contribution in [3.8, 4) is 0 Å². The van der Waals surface area contributed by atoms with Gasteiger partial charge >= 0.3 is 5.69 Å². The Morgan fingerprint density at radius 1 is 1.36 bits per heavy atom. The zero-order valence-electron chi connectivity index (χ0n) is 11.9. The molecule has 2 N–H and O–H groups in total. The zero-order valence-corrected chi connectivity index (χ0v) is 12.7. The van der Waals surface area contributed by atoms with E-state index in [2.05, 4.69) is 15.3 Å². The number of ether oxygens (including phenoxy) is 1. The first-order chi connectivity index (χ1) is 10.7. The largest absolute Gasteiger partial charge is 0.364 e. The van der Waals surface area contributed by atoms with Crippen LogP contribution in [-0.4, -0.2) is 27.6 Å². The third kappa shape index (κ3) is 2.06. The molecule has 0 amide bonds. The van der Waals surface area contributed by atoms with Crippen molar-refractivity contribution in [3.05, 3.63) is 48.7 Å². The molecule has 1 spiro atoms. The van der Waals surface area contributed by atoms with Gasteiger partial charge in [0.05, 0.1) is 24.4 Å². The monoisotopic (exact) mass is 320 g/mol. The van der Waals surface area contributed by atoms with Crippen LogP contribution in [0, 0.1) is 0 Å². The number of aromatic nitrogens is 3. The SMILES string of the molecule is O=c1[nH]c(=O)n(Cc2nccs2)c2c1C1(CCNCC1)OC2. The van der Waals surface area contributed by atoms with Gasteiger partial charge in [-0.25, -0.2) is 9.78 Å². The van der Waals surface area contributed by atoms with Gasteiger partial charge in [0.2, 0.25) is 0 Å². The van der Waals surface area contributed by atoms with Crippen LogP contribution in [0.25, 0.3) is 0 Å². The standard InChI is InChI=1S/C14H16N4O3S/c19-12-11-9(8-21-14(11)1-3-15-4-2-14)18(13(20)17-12)7-10-16-5-6-22-10/h5-6,15H,1-4,7-8H2,(H,17,19,20). The van der Waals surface area contributed by atoms with Crippen molar-refractivity contribution in [1.29, 1.82) is 0 Å². The van der Waals surface area contributed by atoms with Gasteiger partial charge in [0.25, 0.3) is 5.56 Å². The summed E-state index contributed by atoms with van der Waals surface area (Å²) in [5.74, 6) is 0. The van der Waals surface area contributed by atoms with E-state index in [-0.39, 0.29) is 5.56 Å². The van der Waals surface area contributed by atoms with Crippen LogP contribution in [-0.2, 0) is 23.5 Å². The number of fused-ring (bicyclic) bond motifs is 2. The fourth-order valence-electron chi connectivity index (χ4n) is 3.37. The summed E-state index contributed by atoms with van der Waals surface area (Å²) < 4.78 is 7.60. The van der Waals surface area contributed by atoms with E-state index in [1.54, 1.807) is 10.8 Å². The number of nitrogens with zero attached hydrogens (tertiary/aromatic N) is 2. The topological polar surface area (TPSA) is 89.0 Å². The Morgan fingerprint density at radius 2 is 2.18 bits per heavy atom. The fraction of sp³-hybridized carbons (Fsp3) is 0.500. The van der Waals surface area contributed by atoms with Crippen molar-refractivity contribution >= 4 is 11.3 Å². The summed E-state index contributed by atoms with van der Waals surface area (Å²) in [6, 6.07) is 0. The molecule has 116 valence electrons. The van der Waals surface area contributed by atoms with Crippen LogP contribution in [0.3, 0.4) is 0 Å². The maximum absolute atomic E-state index is 12.4. The van der Waals surface area contributed by atoms with E-state index in [9.17, 15) is 9.59 Å². The van der Waals surface area contributed by atoms with Crippen molar-refractivity contribution in [2.75, 3.05) is 13.1 Å². The van der Waals surface area contributed by atoms with Crippen LogP contribution in [0.2, 0.25) is 0 Å². The Hall–Kier alpha value is -1.77.